The molecule has 0 aliphatic rings. The van der Waals surface area contributed by atoms with Crippen molar-refractivity contribution in [2.24, 2.45) is 0 Å². The highest BCUT2D eigenvalue weighted by Gasteiger charge is 2.30. The van der Waals surface area contributed by atoms with Crippen LogP contribution in [-0.2, 0) is 22.1 Å². The van der Waals surface area contributed by atoms with Gasteiger partial charge in [-0.05, 0) is 24.5 Å². The van der Waals surface area contributed by atoms with Crippen LogP contribution in [0, 0.1) is 0 Å². The first-order chi connectivity index (χ1) is 7.54. The van der Waals surface area contributed by atoms with Crippen LogP contribution >= 0.6 is 0 Å². The average Bonchev–Trinajstić information content (AvgIpc) is 2.24. The van der Waals surface area contributed by atoms with Gasteiger partial charge in [0.25, 0.3) is 0 Å². The molecule has 1 aromatic carbocycles. The van der Waals surface area contributed by atoms with Gasteiger partial charge in [0.15, 0.2) is 0 Å². The zero-order valence-corrected chi connectivity index (χ0v) is 8.38. The van der Waals surface area contributed by atoms with E-state index in [0.29, 0.717) is 18.4 Å². The molecule has 0 unspecified atom stereocenters. The largest absolute Gasteiger partial charge is 0.457 e. The van der Waals surface area contributed by atoms with Gasteiger partial charge in [-0.2, -0.15) is 13.2 Å². The van der Waals surface area contributed by atoms with Crippen molar-refractivity contribution in [2.75, 3.05) is 6.61 Å². The second kappa shape index (κ2) is 5.53. The first-order valence-corrected chi connectivity index (χ1v) is 4.69. The van der Waals surface area contributed by atoms with Gasteiger partial charge in [-0.25, -0.2) is 4.79 Å². The van der Waals surface area contributed by atoms with Crippen molar-refractivity contribution in [1.29, 1.82) is 0 Å². The van der Waals surface area contributed by atoms with Crippen LogP contribution in [0.25, 0.3) is 0 Å². The Morgan fingerprint density at radius 3 is 2.69 bits per heavy atom. The maximum Gasteiger partial charge on any atom is 0.417 e. The Bertz CT molecular complexity index is 347. The van der Waals surface area contributed by atoms with Crippen molar-refractivity contribution < 1.29 is 22.7 Å². The summed E-state index contributed by atoms with van der Waals surface area (Å²) in [7, 11) is 0. The number of ether oxygens (including phenoxy) is 1. The predicted molar refractivity (Wildman–Crippen MR) is 51.4 cm³/mol. The normalized spacial score (nSPS) is 11.2. The molecule has 0 fully saturated rings. The molecule has 1 aromatic rings. The van der Waals surface area contributed by atoms with Crippen LogP contribution in [0.3, 0.4) is 0 Å². The van der Waals surface area contributed by atoms with E-state index in [0.717, 1.165) is 12.1 Å². The van der Waals surface area contributed by atoms with E-state index in [2.05, 4.69) is 4.74 Å². The number of hydrogen-bond donors (Lipinski definition) is 0. The number of hydrogen-bond acceptors (Lipinski definition) is 2. The molecule has 5 heteroatoms. The number of benzene rings is 1. The van der Waals surface area contributed by atoms with Crippen molar-refractivity contribution >= 4 is 6.47 Å². The van der Waals surface area contributed by atoms with Crippen molar-refractivity contribution in [3.05, 3.63) is 35.4 Å². The molecule has 0 bridgehead atoms. The lowest BCUT2D eigenvalue weighted by Crippen LogP contribution is -2.05. The first-order valence-electron chi connectivity index (χ1n) is 4.69. The molecule has 1 rings (SSSR count). The summed E-state index contributed by atoms with van der Waals surface area (Å²) in [6.45, 7) is 1.43. The Morgan fingerprint density at radius 1 is 1.31 bits per heavy atom. The minimum Gasteiger partial charge on any atom is -0.457 e. The highest BCUT2D eigenvalue weighted by Crippen LogP contribution is 2.29. The van der Waals surface area contributed by atoms with E-state index < -0.39 is 11.7 Å². The Kier molecular flexibility index (Phi) is 4.34. The molecule has 87 valence electrons. The van der Waals surface area contributed by atoms with Gasteiger partial charge in [-0.3, -0.25) is 0 Å². The lowest BCUT2D eigenvalue weighted by molar-refractivity contribution is -0.137. The Balaban J connectivity index is 2.57. The van der Waals surface area contributed by atoms with E-state index in [9.17, 15) is 18.0 Å². The number of rotatable bonds is 5. The standard InChI is InChI=1S/C11H10F3O2/c12-11(13,14)10-5-1-3-9(7-10)4-2-6-16-8-15/h1,3,5,7H,2,4,6H2. The van der Waals surface area contributed by atoms with Crippen LogP contribution in [0.4, 0.5) is 13.2 Å². The number of aryl methyl sites for hydroxylation is 1. The number of halogens is 3. The summed E-state index contributed by atoms with van der Waals surface area (Å²) in [6.07, 6.45) is -3.40. The van der Waals surface area contributed by atoms with Gasteiger partial charge in [0, 0.05) is 0 Å². The lowest BCUT2D eigenvalue weighted by atomic mass is 10.1. The van der Waals surface area contributed by atoms with E-state index in [-0.39, 0.29) is 6.61 Å². The summed E-state index contributed by atoms with van der Waals surface area (Å²) in [4.78, 5) is 9.71. The van der Waals surface area contributed by atoms with E-state index in [4.69, 9.17) is 0 Å². The molecule has 0 heterocycles. The van der Waals surface area contributed by atoms with Crippen LogP contribution in [0.15, 0.2) is 24.3 Å². The van der Waals surface area contributed by atoms with Crippen molar-refractivity contribution in [3.8, 4) is 0 Å². The molecule has 16 heavy (non-hydrogen) atoms. The molecule has 0 aromatic heterocycles. The number of alkyl halides is 3. The summed E-state index contributed by atoms with van der Waals surface area (Å²) in [6, 6.07) is 5.11. The fourth-order valence-corrected chi connectivity index (χ4v) is 1.29. The molecule has 2 nitrogen and oxygen atoms in total. The predicted octanol–water partition coefficient (Wildman–Crippen LogP) is 2.72. The van der Waals surface area contributed by atoms with Gasteiger partial charge < -0.3 is 4.74 Å². The van der Waals surface area contributed by atoms with E-state index in [1.54, 1.807) is 6.07 Å². The molecule has 0 atom stereocenters. The lowest BCUT2D eigenvalue weighted by Gasteiger charge is -2.08. The molecule has 0 amide bonds. The average molecular weight is 231 g/mol. The zero-order chi connectivity index (χ0) is 12.0. The maximum absolute atomic E-state index is 12.3. The van der Waals surface area contributed by atoms with Crippen LogP contribution in [0.2, 0.25) is 0 Å². The third kappa shape index (κ3) is 3.92. The minimum absolute atomic E-state index is 0.166. The van der Waals surface area contributed by atoms with E-state index >= 15 is 0 Å². The molecule has 0 N–H and O–H groups in total. The fraction of sp³-hybridized carbons (Fsp3) is 0.364. The third-order valence-electron chi connectivity index (χ3n) is 2.03. The van der Waals surface area contributed by atoms with Crippen molar-refractivity contribution in [2.45, 2.75) is 19.0 Å². The summed E-state index contributed by atoms with van der Waals surface area (Å²) < 4.78 is 41.3. The molecular formula is C11H10F3O2. The maximum atomic E-state index is 12.3. The molecule has 0 saturated carbocycles. The topological polar surface area (TPSA) is 26.3 Å². The molecule has 0 aliphatic heterocycles. The molecule has 1 radical (unpaired) electrons. The summed E-state index contributed by atoms with van der Waals surface area (Å²) in [5, 5.41) is 0. The number of carbonyl (C=O) groups excluding carboxylic acids is 1. The summed E-state index contributed by atoms with van der Waals surface area (Å²) in [5.41, 5.74) is -0.0859. The first kappa shape index (κ1) is 12.5. The molecule has 0 spiro atoms. The second-order valence-corrected chi connectivity index (χ2v) is 3.23. The van der Waals surface area contributed by atoms with E-state index in [1.165, 1.54) is 12.5 Å². The monoisotopic (exact) mass is 231 g/mol. The highest BCUT2D eigenvalue weighted by atomic mass is 19.4. The zero-order valence-electron chi connectivity index (χ0n) is 8.38. The summed E-state index contributed by atoms with van der Waals surface area (Å²) in [5.74, 6) is 0. The van der Waals surface area contributed by atoms with Gasteiger partial charge in [0.1, 0.15) is 0 Å². The highest BCUT2D eigenvalue weighted by molar-refractivity contribution is 5.38. The molecule has 0 aliphatic carbocycles. The van der Waals surface area contributed by atoms with Crippen molar-refractivity contribution in [3.63, 3.8) is 0 Å². The minimum atomic E-state index is -4.32. The van der Waals surface area contributed by atoms with Gasteiger partial charge in [-0.15, -0.1) is 0 Å². The van der Waals surface area contributed by atoms with Crippen LogP contribution in [-0.4, -0.2) is 13.1 Å². The smallest absolute Gasteiger partial charge is 0.417 e. The van der Waals surface area contributed by atoms with E-state index in [1.807, 2.05) is 0 Å². The SMILES string of the molecule is O=[C]OCCCc1cccc(C(F)(F)F)c1. The van der Waals surface area contributed by atoms with Gasteiger partial charge >= 0.3 is 12.6 Å². The van der Waals surface area contributed by atoms with Crippen LogP contribution < -0.4 is 0 Å². The van der Waals surface area contributed by atoms with Crippen molar-refractivity contribution in [1.82, 2.24) is 0 Å². The molecular weight excluding hydrogens is 221 g/mol. The van der Waals surface area contributed by atoms with Crippen LogP contribution in [0.1, 0.15) is 17.5 Å². The quantitative estimate of drug-likeness (QED) is 0.728. The van der Waals surface area contributed by atoms with Gasteiger partial charge in [0.2, 0.25) is 0 Å². The van der Waals surface area contributed by atoms with Gasteiger partial charge in [0.05, 0.1) is 12.2 Å². The Hall–Kier alpha value is -1.52. The summed E-state index contributed by atoms with van der Waals surface area (Å²) >= 11 is 0. The fourth-order valence-electron chi connectivity index (χ4n) is 1.29. The van der Waals surface area contributed by atoms with Crippen LogP contribution in [0.5, 0.6) is 0 Å². The molecule has 0 saturated heterocycles. The Labute approximate surface area is 91.0 Å². The third-order valence-corrected chi connectivity index (χ3v) is 2.03. The second-order valence-electron chi connectivity index (χ2n) is 3.23. The Morgan fingerprint density at radius 2 is 2.06 bits per heavy atom. The van der Waals surface area contributed by atoms with Gasteiger partial charge in [-0.1, -0.05) is 18.2 Å².